The van der Waals surface area contributed by atoms with E-state index in [1.807, 2.05) is 6.07 Å². The van der Waals surface area contributed by atoms with Crippen LogP contribution in [0.4, 0.5) is 11.4 Å². The molecule has 0 saturated heterocycles. The van der Waals surface area contributed by atoms with Gasteiger partial charge in [-0.2, -0.15) is 10.4 Å². The lowest BCUT2D eigenvalue weighted by Gasteiger charge is -2.21. The maximum absolute atomic E-state index is 12.6. The van der Waals surface area contributed by atoms with E-state index in [9.17, 15) is 13.2 Å². The van der Waals surface area contributed by atoms with Gasteiger partial charge in [0.25, 0.3) is 5.91 Å². The number of anilines is 2. The van der Waals surface area contributed by atoms with E-state index in [4.69, 9.17) is 5.26 Å². The van der Waals surface area contributed by atoms with Gasteiger partial charge in [-0.25, -0.2) is 12.7 Å². The minimum atomic E-state index is -3.01. The second-order valence-corrected chi connectivity index (χ2v) is 7.29. The van der Waals surface area contributed by atoms with Gasteiger partial charge in [0.15, 0.2) is 0 Å². The summed E-state index contributed by atoms with van der Waals surface area (Å²) < 4.78 is 26.8. The Balaban J connectivity index is 1.89. The van der Waals surface area contributed by atoms with E-state index in [0.717, 1.165) is 9.87 Å². The van der Waals surface area contributed by atoms with E-state index in [0.29, 0.717) is 34.6 Å². The van der Waals surface area contributed by atoms with E-state index in [-0.39, 0.29) is 5.91 Å². The molecule has 0 aliphatic carbocycles. The van der Waals surface area contributed by atoms with Gasteiger partial charge in [-0.3, -0.25) is 9.48 Å². The minimum absolute atomic E-state index is 0.311. The van der Waals surface area contributed by atoms with Crippen molar-refractivity contribution in [3.8, 4) is 6.07 Å². The van der Waals surface area contributed by atoms with Crippen LogP contribution in [0.25, 0.3) is 0 Å². The zero-order valence-corrected chi connectivity index (χ0v) is 16.8. The number of nitriles is 1. The first-order chi connectivity index (χ1) is 13.9. The van der Waals surface area contributed by atoms with Crippen molar-refractivity contribution < 1.29 is 13.2 Å². The average molecular weight is 409 g/mol. The highest BCUT2D eigenvalue weighted by Crippen LogP contribution is 2.30. The SMILES string of the molecule is Cc1ccc(C(=O)NCc2cnn(C)c2)cc1N(c1ccc(C#N)cc1)[SH](=O)=O. The number of hydrogen-bond acceptors (Lipinski definition) is 5. The van der Waals surface area contributed by atoms with Gasteiger partial charge in [0, 0.05) is 30.9 Å². The molecule has 148 valence electrons. The number of benzene rings is 2. The second-order valence-electron chi connectivity index (χ2n) is 6.41. The summed E-state index contributed by atoms with van der Waals surface area (Å²) in [6, 6.07) is 13.1. The lowest BCUT2D eigenvalue weighted by Crippen LogP contribution is -2.23. The Morgan fingerprint density at radius 2 is 1.97 bits per heavy atom. The molecule has 3 aromatic rings. The Kier molecular flexibility index (Phi) is 5.95. The molecule has 0 bridgehead atoms. The van der Waals surface area contributed by atoms with Crippen molar-refractivity contribution >= 4 is 28.2 Å². The molecular formula is C20H19N5O3S. The molecule has 0 atom stereocenters. The number of thiol groups is 1. The lowest BCUT2D eigenvalue weighted by atomic mass is 10.1. The summed E-state index contributed by atoms with van der Waals surface area (Å²) in [5.41, 5.74) is 3.07. The van der Waals surface area contributed by atoms with Crippen LogP contribution in [0.2, 0.25) is 0 Å². The molecule has 0 aliphatic heterocycles. The molecule has 1 aromatic heterocycles. The molecular weight excluding hydrogens is 390 g/mol. The van der Waals surface area contributed by atoms with Crippen LogP contribution in [0.1, 0.15) is 27.0 Å². The van der Waals surface area contributed by atoms with E-state index >= 15 is 0 Å². The molecule has 0 saturated carbocycles. The number of rotatable bonds is 6. The van der Waals surface area contributed by atoms with Crippen molar-refractivity contribution in [1.29, 1.82) is 5.26 Å². The van der Waals surface area contributed by atoms with E-state index in [1.54, 1.807) is 67.4 Å². The van der Waals surface area contributed by atoms with Crippen molar-refractivity contribution in [3.63, 3.8) is 0 Å². The van der Waals surface area contributed by atoms with Crippen LogP contribution in [-0.4, -0.2) is 24.1 Å². The minimum Gasteiger partial charge on any atom is -0.348 e. The van der Waals surface area contributed by atoms with Gasteiger partial charge in [-0.15, -0.1) is 0 Å². The maximum Gasteiger partial charge on any atom is 0.251 e. The number of aromatic nitrogens is 2. The molecule has 9 heteroatoms. The quantitative estimate of drug-likeness (QED) is 0.607. The molecule has 0 aliphatic rings. The Morgan fingerprint density at radius 1 is 1.24 bits per heavy atom. The number of nitrogens with one attached hydrogen (secondary N) is 1. The molecule has 0 fully saturated rings. The Morgan fingerprint density at radius 3 is 2.55 bits per heavy atom. The zero-order valence-electron chi connectivity index (χ0n) is 15.9. The van der Waals surface area contributed by atoms with Gasteiger partial charge in [-0.1, -0.05) is 6.07 Å². The zero-order chi connectivity index (χ0) is 21.0. The molecule has 0 spiro atoms. The molecule has 0 unspecified atom stereocenters. The molecule has 3 rings (SSSR count). The molecule has 1 N–H and O–H groups in total. The Labute approximate surface area is 170 Å². The van der Waals surface area contributed by atoms with Gasteiger partial charge in [-0.05, 0) is 48.9 Å². The number of hydrogen-bond donors (Lipinski definition) is 2. The number of aryl methyl sites for hydroxylation is 2. The first-order valence-electron chi connectivity index (χ1n) is 8.70. The highest BCUT2D eigenvalue weighted by atomic mass is 32.2. The summed E-state index contributed by atoms with van der Waals surface area (Å²) in [4.78, 5) is 12.6. The number of carbonyl (C=O) groups is 1. The number of carbonyl (C=O) groups excluding carboxylic acids is 1. The third-order valence-corrected chi connectivity index (χ3v) is 5.09. The fourth-order valence-electron chi connectivity index (χ4n) is 2.82. The largest absolute Gasteiger partial charge is 0.348 e. The molecule has 1 heterocycles. The third kappa shape index (κ3) is 4.62. The van der Waals surface area contributed by atoms with Crippen LogP contribution in [0.5, 0.6) is 0 Å². The van der Waals surface area contributed by atoms with Crippen molar-refractivity contribution in [3.05, 3.63) is 77.1 Å². The van der Waals surface area contributed by atoms with E-state index in [2.05, 4.69) is 10.4 Å². The lowest BCUT2D eigenvalue weighted by molar-refractivity contribution is 0.0951. The second kappa shape index (κ2) is 8.58. The van der Waals surface area contributed by atoms with Gasteiger partial charge in [0.1, 0.15) is 0 Å². The fraction of sp³-hybridized carbons (Fsp3) is 0.150. The molecule has 29 heavy (non-hydrogen) atoms. The van der Waals surface area contributed by atoms with Gasteiger partial charge >= 0.3 is 0 Å². The highest BCUT2D eigenvalue weighted by Gasteiger charge is 2.17. The number of amides is 1. The standard InChI is InChI=1S/C20H19N5O3S/c1-14-3-6-17(20(26)22-11-16-12-23-24(2)13-16)9-19(14)25(29(27)28)18-7-4-15(10-21)5-8-18/h3-9,12-13,29H,11H2,1-2H3,(H,22,26). The molecule has 0 radical (unpaired) electrons. The van der Waals surface area contributed by atoms with Crippen molar-refractivity contribution in [2.24, 2.45) is 7.05 Å². The summed E-state index contributed by atoms with van der Waals surface area (Å²) in [6.45, 7) is 2.08. The summed E-state index contributed by atoms with van der Waals surface area (Å²) in [5, 5.41) is 15.8. The Hall–Kier alpha value is -3.64. The molecule has 1 amide bonds. The van der Waals surface area contributed by atoms with Crippen LogP contribution in [0, 0.1) is 18.3 Å². The highest BCUT2D eigenvalue weighted by molar-refractivity contribution is 7.74. The van der Waals surface area contributed by atoms with Crippen LogP contribution < -0.4 is 9.62 Å². The normalized spacial score (nSPS) is 10.6. The first kappa shape index (κ1) is 20.1. The molecule has 2 aromatic carbocycles. The van der Waals surface area contributed by atoms with Crippen molar-refractivity contribution in [2.45, 2.75) is 13.5 Å². The van der Waals surface area contributed by atoms with E-state index in [1.165, 1.54) is 6.07 Å². The number of nitrogens with zero attached hydrogens (tertiary/aromatic N) is 4. The summed E-state index contributed by atoms with van der Waals surface area (Å²) in [6.07, 6.45) is 3.46. The van der Waals surface area contributed by atoms with Crippen LogP contribution >= 0.6 is 0 Å². The molecule has 8 nitrogen and oxygen atoms in total. The van der Waals surface area contributed by atoms with Crippen LogP contribution in [0.3, 0.4) is 0 Å². The first-order valence-corrected chi connectivity index (χ1v) is 9.83. The Bertz CT molecular complexity index is 1150. The van der Waals surface area contributed by atoms with Crippen LogP contribution in [-0.2, 0) is 24.5 Å². The summed E-state index contributed by atoms with van der Waals surface area (Å²) >= 11 is 0. The van der Waals surface area contributed by atoms with Gasteiger partial charge < -0.3 is 5.32 Å². The van der Waals surface area contributed by atoms with Crippen molar-refractivity contribution in [2.75, 3.05) is 4.31 Å². The predicted molar refractivity (Wildman–Crippen MR) is 109 cm³/mol. The monoisotopic (exact) mass is 409 g/mol. The van der Waals surface area contributed by atoms with E-state index < -0.39 is 10.9 Å². The average Bonchev–Trinajstić information content (AvgIpc) is 3.13. The maximum atomic E-state index is 12.6. The fourth-order valence-corrected chi connectivity index (χ4v) is 3.54. The smallest absolute Gasteiger partial charge is 0.251 e. The van der Waals surface area contributed by atoms with Gasteiger partial charge in [0.2, 0.25) is 10.9 Å². The predicted octanol–water partition coefficient (Wildman–Crippen LogP) is 2.19. The van der Waals surface area contributed by atoms with Gasteiger partial charge in [0.05, 0.1) is 29.2 Å². The van der Waals surface area contributed by atoms with Crippen LogP contribution in [0.15, 0.2) is 54.9 Å². The third-order valence-electron chi connectivity index (χ3n) is 4.32. The summed E-state index contributed by atoms with van der Waals surface area (Å²) in [7, 11) is -1.22. The topological polar surface area (TPSA) is 108 Å². The summed E-state index contributed by atoms with van der Waals surface area (Å²) in [5.74, 6) is -0.323. The van der Waals surface area contributed by atoms with Crippen molar-refractivity contribution in [1.82, 2.24) is 15.1 Å².